The van der Waals surface area contributed by atoms with Crippen molar-refractivity contribution in [2.24, 2.45) is 11.8 Å². The number of aromatic nitrogens is 2. The summed E-state index contributed by atoms with van der Waals surface area (Å²) in [6.07, 6.45) is 13.9. The number of unbranched alkanes of at least 4 members (excludes halogenated alkanes) is 14. The third kappa shape index (κ3) is 24.4. The van der Waals surface area contributed by atoms with Gasteiger partial charge in [0.05, 0.1) is 13.2 Å². The first-order chi connectivity index (χ1) is 28.9. The number of phosphoric ester groups is 2. The maximum atomic E-state index is 12.8. The van der Waals surface area contributed by atoms with Crippen LogP contribution in [-0.4, -0.2) is 85.7 Å². The number of anilines is 1. The fourth-order valence-electron chi connectivity index (χ4n) is 6.77. The fraction of sp³-hybridized carbons (Fsp3) is 0.854. The zero-order valence-electron chi connectivity index (χ0n) is 36.8. The predicted molar refractivity (Wildman–Crippen MR) is 229 cm³/mol. The lowest BCUT2D eigenvalue weighted by Gasteiger charge is -2.21. The summed E-state index contributed by atoms with van der Waals surface area (Å²) >= 11 is 0. The maximum absolute atomic E-state index is 12.8. The standard InChI is InChI=1S/C41H75N3O15P2/c1-5-32(4)23-19-15-12-13-16-20-24-36(45)54-28-33(57-37(46)25-21-17-11-9-7-6-8-10-14-18-22-31(2)3)29-55-60(50,51)59-61(52,53)56-30-34-38(47)39(48)40(58-34)44-27-26-35(42)43-41(44)49/h26-27,31-34,38-40,47-48H,5-25,28-30H2,1-4H3,(H,50,51)(H,52,53)(H2,42,43,49)/t32?,33-,34-,38+,39?,40-/m1/s1. The Morgan fingerprint density at radius 1 is 0.787 bits per heavy atom. The lowest BCUT2D eigenvalue weighted by molar-refractivity contribution is -0.161. The number of hydrogen-bond acceptors (Lipinski definition) is 15. The summed E-state index contributed by atoms with van der Waals surface area (Å²) in [6, 6.07) is 1.25. The zero-order valence-corrected chi connectivity index (χ0v) is 38.6. The van der Waals surface area contributed by atoms with Crippen molar-refractivity contribution >= 4 is 33.4 Å². The molecule has 1 aromatic heterocycles. The number of hydrogen-bond donors (Lipinski definition) is 5. The monoisotopic (exact) mass is 911 g/mol. The molecule has 1 saturated heterocycles. The van der Waals surface area contributed by atoms with Gasteiger partial charge in [0.2, 0.25) is 0 Å². The van der Waals surface area contributed by atoms with Crippen molar-refractivity contribution < 1.29 is 66.3 Å². The van der Waals surface area contributed by atoms with E-state index >= 15 is 0 Å². The van der Waals surface area contributed by atoms with E-state index in [-0.39, 0.29) is 18.7 Å². The van der Waals surface area contributed by atoms with E-state index in [1.165, 1.54) is 63.9 Å². The van der Waals surface area contributed by atoms with Gasteiger partial charge in [-0.15, -0.1) is 0 Å². The Balaban J connectivity index is 1.85. The molecule has 354 valence electrons. The molecule has 0 bridgehead atoms. The Kier molecular flexibility index (Phi) is 27.0. The van der Waals surface area contributed by atoms with Gasteiger partial charge in [0.1, 0.15) is 30.7 Å². The Morgan fingerprint density at radius 3 is 1.87 bits per heavy atom. The van der Waals surface area contributed by atoms with Crippen LogP contribution in [0.4, 0.5) is 5.82 Å². The molecule has 0 aliphatic carbocycles. The number of carbonyl (C=O) groups is 2. The molecular formula is C41H75N3O15P2. The number of rotatable bonds is 35. The quantitative estimate of drug-likeness (QED) is 0.0249. The summed E-state index contributed by atoms with van der Waals surface area (Å²) in [6.45, 7) is 6.65. The van der Waals surface area contributed by atoms with E-state index in [9.17, 15) is 43.5 Å². The molecule has 2 rings (SSSR count). The fourth-order valence-corrected chi connectivity index (χ4v) is 8.88. The van der Waals surface area contributed by atoms with E-state index in [0.29, 0.717) is 12.8 Å². The first-order valence-corrected chi connectivity index (χ1v) is 25.3. The molecule has 0 spiro atoms. The first-order valence-electron chi connectivity index (χ1n) is 22.3. The van der Waals surface area contributed by atoms with E-state index < -0.39 is 83.7 Å². The average Bonchev–Trinajstić information content (AvgIpc) is 3.47. The van der Waals surface area contributed by atoms with Gasteiger partial charge < -0.3 is 39.9 Å². The molecule has 1 fully saturated rings. The molecule has 0 saturated carbocycles. The van der Waals surface area contributed by atoms with E-state index in [1.807, 2.05) is 0 Å². The van der Waals surface area contributed by atoms with Crippen molar-refractivity contribution in [3.8, 4) is 0 Å². The van der Waals surface area contributed by atoms with Gasteiger partial charge in [-0.3, -0.25) is 23.2 Å². The normalized spacial score (nSPS) is 20.9. The Morgan fingerprint density at radius 2 is 1.31 bits per heavy atom. The molecule has 0 aromatic carbocycles. The van der Waals surface area contributed by atoms with Gasteiger partial charge in [-0.1, -0.05) is 137 Å². The highest BCUT2D eigenvalue weighted by atomic mass is 31.3. The summed E-state index contributed by atoms with van der Waals surface area (Å²) in [5, 5.41) is 20.8. The molecule has 20 heteroatoms. The van der Waals surface area contributed by atoms with Crippen LogP contribution in [0.15, 0.2) is 17.1 Å². The topological polar surface area (TPSA) is 265 Å². The molecule has 8 atom stereocenters. The number of ether oxygens (including phenoxy) is 3. The van der Waals surface area contributed by atoms with Crippen LogP contribution in [0.3, 0.4) is 0 Å². The number of nitrogen functional groups attached to an aromatic ring is 1. The second-order valence-electron chi connectivity index (χ2n) is 16.6. The van der Waals surface area contributed by atoms with Gasteiger partial charge in [-0.05, 0) is 30.7 Å². The number of phosphoric acid groups is 2. The molecule has 4 unspecified atom stereocenters. The molecule has 2 heterocycles. The van der Waals surface area contributed by atoms with Crippen molar-refractivity contribution in [3.05, 3.63) is 22.7 Å². The van der Waals surface area contributed by atoms with Gasteiger partial charge in [0.15, 0.2) is 12.3 Å². The summed E-state index contributed by atoms with van der Waals surface area (Å²) < 4.78 is 56.5. The molecular weight excluding hydrogens is 836 g/mol. The van der Waals surface area contributed by atoms with E-state index in [2.05, 4.69) is 37.0 Å². The van der Waals surface area contributed by atoms with Crippen LogP contribution in [0.2, 0.25) is 0 Å². The molecule has 0 amide bonds. The first kappa shape index (κ1) is 54.9. The van der Waals surface area contributed by atoms with Crippen molar-refractivity contribution in [1.29, 1.82) is 0 Å². The Labute approximate surface area is 361 Å². The third-order valence-electron chi connectivity index (χ3n) is 10.7. The summed E-state index contributed by atoms with van der Waals surface area (Å²) in [5.74, 6) is 0.183. The molecule has 6 N–H and O–H groups in total. The van der Waals surface area contributed by atoms with Gasteiger partial charge in [0.25, 0.3) is 0 Å². The van der Waals surface area contributed by atoms with E-state index in [1.54, 1.807) is 0 Å². The molecule has 18 nitrogen and oxygen atoms in total. The smallest absolute Gasteiger partial charge is 0.462 e. The summed E-state index contributed by atoms with van der Waals surface area (Å²) in [7, 11) is -10.8. The van der Waals surface area contributed by atoms with Crippen LogP contribution in [0.1, 0.15) is 169 Å². The number of nitrogens with zero attached hydrogens (tertiary/aromatic N) is 2. The Bertz CT molecular complexity index is 1550. The van der Waals surface area contributed by atoms with Crippen LogP contribution in [0.5, 0.6) is 0 Å². The minimum Gasteiger partial charge on any atom is -0.462 e. The molecule has 1 aromatic rings. The number of nitrogens with two attached hydrogens (primary N) is 1. The van der Waals surface area contributed by atoms with E-state index in [0.717, 1.165) is 74.0 Å². The lowest BCUT2D eigenvalue weighted by Crippen LogP contribution is -2.36. The lowest BCUT2D eigenvalue weighted by atomic mass is 10.00. The number of carbonyl (C=O) groups excluding carboxylic acids is 2. The van der Waals surface area contributed by atoms with Gasteiger partial charge >= 0.3 is 33.3 Å². The van der Waals surface area contributed by atoms with Gasteiger partial charge in [-0.25, -0.2) is 13.9 Å². The van der Waals surface area contributed by atoms with Gasteiger partial charge in [-0.2, -0.15) is 9.29 Å². The second kappa shape index (κ2) is 30.0. The van der Waals surface area contributed by atoms with Crippen LogP contribution in [-0.2, 0) is 46.3 Å². The number of esters is 2. The minimum atomic E-state index is -5.41. The van der Waals surface area contributed by atoms with Crippen LogP contribution >= 0.6 is 15.6 Å². The maximum Gasteiger partial charge on any atom is 0.481 e. The Hall–Kier alpha value is -2.24. The summed E-state index contributed by atoms with van der Waals surface area (Å²) in [5.41, 5.74) is 4.58. The van der Waals surface area contributed by atoms with Crippen molar-refractivity contribution in [3.63, 3.8) is 0 Å². The zero-order chi connectivity index (χ0) is 45.3. The molecule has 1 aliphatic heterocycles. The van der Waals surface area contributed by atoms with Crippen molar-refractivity contribution in [1.82, 2.24) is 9.55 Å². The van der Waals surface area contributed by atoms with Crippen LogP contribution in [0.25, 0.3) is 0 Å². The highest BCUT2D eigenvalue weighted by Crippen LogP contribution is 2.60. The van der Waals surface area contributed by atoms with Crippen molar-refractivity contribution in [2.45, 2.75) is 193 Å². The molecule has 1 aliphatic rings. The van der Waals surface area contributed by atoms with Crippen molar-refractivity contribution in [2.75, 3.05) is 25.6 Å². The van der Waals surface area contributed by atoms with Gasteiger partial charge in [0, 0.05) is 19.0 Å². The average molecular weight is 912 g/mol. The number of aliphatic hydroxyl groups is 2. The molecule has 0 radical (unpaired) electrons. The SMILES string of the molecule is CCC(C)CCCCCCCCC(=O)OC[C@H](COP(=O)(O)OP(=O)(O)OC[C@H]1O[C@@H](n2ccc(N)nc2=O)C(O)[C@H]1O)OC(=O)CCCCCCCCCCCCC(C)C. The van der Waals surface area contributed by atoms with E-state index in [4.69, 9.17) is 29.0 Å². The largest absolute Gasteiger partial charge is 0.481 e. The minimum absolute atomic E-state index is 0.0543. The molecule has 61 heavy (non-hydrogen) atoms. The van der Waals surface area contributed by atoms with Crippen LogP contribution < -0.4 is 11.4 Å². The third-order valence-corrected chi connectivity index (χ3v) is 13.3. The summed E-state index contributed by atoms with van der Waals surface area (Å²) in [4.78, 5) is 61.6. The highest BCUT2D eigenvalue weighted by Gasteiger charge is 2.46. The predicted octanol–water partition coefficient (Wildman–Crippen LogP) is 7.65. The second-order valence-corrected chi connectivity index (χ2v) is 19.7. The van der Waals surface area contributed by atoms with Crippen LogP contribution in [0, 0.1) is 11.8 Å². The number of aliphatic hydroxyl groups excluding tert-OH is 2. The highest BCUT2D eigenvalue weighted by molar-refractivity contribution is 7.61.